The van der Waals surface area contributed by atoms with E-state index < -0.39 is 11.8 Å². The van der Waals surface area contributed by atoms with Crippen molar-refractivity contribution in [3.63, 3.8) is 0 Å². The third kappa shape index (κ3) is 4.00. The van der Waals surface area contributed by atoms with Gasteiger partial charge in [0.15, 0.2) is 0 Å². The molecule has 0 bridgehead atoms. The Bertz CT molecular complexity index is 570. The minimum atomic E-state index is -0.511. The molecule has 0 fully saturated rings. The van der Waals surface area contributed by atoms with Gasteiger partial charge in [0, 0.05) is 6.42 Å². The highest BCUT2D eigenvalue weighted by molar-refractivity contribution is 5.81. The number of hydrogen-bond donors (Lipinski definition) is 1. The topological polar surface area (TPSA) is 72.8 Å². The molecule has 1 aliphatic carbocycles. The van der Waals surface area contributed by atoms with Crippen molar-refractivity contribution in [3.8, 4) is 0 Å². The maximum absolute atomic E-state index is 12.1. The van der Waals surface area contributed by atoms with Gasteiger partial charge in [-0.1, -0.05) is 33.6 Å². The fraction of sp³-hybridized carbons (Fsp3) is 0.684. The van der Waals surface area contributed by atoms with E-state index in [1.165, 1.54) is 7.11 Å². The molecule has 2 atom stereocenters. The Morgan fingerprint density at radius 2 is 2.17 bits per heavy atom. The average molecular weight is 336 g/mol. The maximum Gasteiger partial charge on any atom is 0.315 e. The standard InChI is InChI=1S/C19H28O5/c1-5-6-8-19(2,3)9-7-14(20)17-12-11-16(21)24-15(12)10-13(17)18(22)23-4/h7,13,17,20H,5-6,8-11H2,1-4H3/t13-,17-/m0/s1. The highest BCUT2D eigenvalue weighted by Crippen LogP contribution is 2.47. The molecule has 5 heteroatoms. The van der Waals surface area contributed by atoms with Crippen molar-refractivity contribution in [2.75, 3.05) is 7.11 Å². The molecule has 0 saturated carbocycles. The molecule has 0 aromatic carbocycles. The van der Waals surface area contributed by atoms with Gasteiger partial charge >= 0.3 is 11.9 Å². The van der Waals surface area contributed by atoms with Crippen molar-refractivity contribution < 1.29 is 24.2 Å². The summed E-state index contributed by atoms with van der Waals surface area (Å²) in [6, 6.07) is 0. The molecule has 0 spiro atoms. The first-order valence-electron chi connectivity index (χ1n) is 8.68. The Kier molecular flexibility index (Phi) is 5.73. The molecular formula is C19H28O5. The van der Waals surface area contributed by atoms with Gasteiger partial charge in [-0.05, 0) is 29.9 Å². The van der Waals surface area contributed by atoms with Crippen LogP contribution in [0.15, 0.2) is 23.2 Å². The summed E-state index contributed by atoms with van der Waals surface area (Å²) in [5, 5.41) is 10.6. The summed E-state index contributed by atoms with van der Waals surface area (Å²) in [4.78, 5) is 23.6. The highest BCUT2D eigenvalue weighted by atomic mass is 16.5. The summed E-state index contributed by atoms with van der Waals surface area (Å²) in [6.45, 7) is 6.51. The summed E-state index contributed by atoms with van der Waals surface area (Å²) in [5.74, 6) is -1.02. The van der Waals surface area contributed by atoms with Crippen LogP contribution in [-0.2, 0) is 19.1 Å². The number of carbonyl (C=O) groups is 2. The van der Waals surface area contributed by atoms with Crippen LogP contribution < -0.4 is 0 Å². The number of rotatable bonds is 7. The second-order valence-electron chi connectivity index (χ2n) is 7.51. The van der Waals surface area contributed by atoms with Crippen molar-refractivity contribution in [1.82, 2.24) is 0 Å². The number of aliphatic hydroxyl groups excluding tert-OH is 1. The lowest BCUT2D eigenvalue weighted by Crippen LogP contribution is -2.25. The van der Waals surface area contributed by atoms with Crippen molar-refractivity contribution in [2.24, 2.45) is 17.3 Å². The minimum Gasteiger partial charge on any atom is -0.512 e. The molecule has 0 saturated heterocycles. The van der Waals surface area contributed by atoms with Crippen LogP contribution in [0.4, 0.5) is 0 Å². The van der Waals surface area contributed by atoms with Gasteiger partial charge in [0.2, 0.25) is 0 Å². The Morgan fingerprint density at radius 1 is 1.46 bits per heavy atom. The average Bonchev–Trinajstić information content (AvgIpc) is 3.05. The third-order valence-electron chi connectivity index (χ3n) is 5.01. The summed E-state index contributed by atoms with van der Waals surface area (Å²) >= 11 is 0. The number of methoxy groups -OCH3 is 1. The lowest BCUT2D eigenvalue weighted by Gasteiger charge is -2.24. The summed E-state index contributed by atoms with van der Waals surface area (Å²) in [5.41, 5.74) is 0.818. The molecule has 0 aromatic rings. The van der Waals surface area contributed by atoms with Crippen LogP contribution in [-0.4, -0.2) is 24.2 Å². The molecule has 2 aliphatic rings. The predicted octanol–water partition coefficient (Wildman–Crippen LogP) is 4.04. The molecule has 1 aliphatic heterocycles. The SMILES string of the molecule is CCCCC(C)(C)CC=C(O)[C@H]1C2=C(C[C@@H]1C(=O)OC)OC(=O)C2. The third-order valence-corrected chi connectivity index (χ3v) is 5.01. The number of hydrogen-bond acceptors (Lipinski definition) is 5. The van der Waals surface area contributed by atoms with Gasteiger partial charge in [-0.15, -0.1) is 0 Å². The monoisotopic (exact) mass is 336 g/mol. The van der Waals surface area contributed by atoms with E-state index in [1.807, 2.05) is 0 Å². The number of unbranched alkanes of at least 4 members (excludes halogenated alkanes) is 1. The fourth-order valence-electron chi connectivity index (χ4n) is 3.53. The zero-order valence-corrected chi connectivity index (χ0v) is 15.1. The van der Waals surface area contributed by atoms with Crippen LogP contribution in [0, 0.1) is 17.3 Å². The van der Waals surface area contributed by atoms with Gasteiger partial charge < -0.3 is 14.6 Å². The molecule has 2 rings (SSSR count). The molecule has 0 unspecified atom stereocenters. The molecule has 5 nitrogen and oxygen atoms in total. The van der Waals surface area contributed by atoms with Crippen LogP contribution in [0.3, 0.4) is 0 Å². The summed E-state index contributed by atoms with van der Waals surface area (Å²) in [7, 11) is 1.34. The maximum atomic E-state index is 12.1. The minimum absolute atomic E-state index is 0.0859. The van der Waals surface area contributed by atoms with Gasteiger partial charge in [-0.25, -0.2) is 0 Å². The number of aliphatic hydroxyl groups is 1. The van der Waals surface area contributed by atoms with Gasteiger partial charge in [0.1, 0.15) is 5.76 Å². The number of carbonyl (C=O) groups excluding carboxylic acids is 2. The van der Waals surface area contributed by atoms with Crippen LogP contribution in [0.1, 0.15) is 59.3 Å². The van der Waals surface area contributed by atoms with E-state index in [0.717, 1.165) is 31.3 Å². The molecule has 0 radical (unpaired) electrons. The number of allylic oxidation sites excluding steroid dienone is 3. The summed E-state index contributed by atoms with van der Waals surface area (Å²) < 4.78 is 10.0. The van der Waals surface area contributed by atoms with Crippen LogP contribution in [0.5, 0.6) is 0 Å². The van der Waals surface area contributed by atoms with E-state index in [0.29, 0.717) is 12.2 Å². The highest BCUT2D eigenvalue weighted by Gasteiger charge is 2.47. The molecule has 1 heterocycles. The molecule has 0 aromatic heterocycles. The van der Waals surface area contributed by atoms with E-state index in [-0.39, 0.29) is 29.5 Å². The van der Waals surface area contributed by atoms with E-state index in [2.05, 4.69) is 20.8 Å². The normalized spacial score (nSPS) is 24.2. The quantitative estimate of drug-likeness (QED) is 0.561. The zero-order chi connectivity index (χ0) is 17.9. The Hall–Kier alpha value is -1.78. The predicted molar refractivity (Wildman–Crippen MR) is 90.0 cm³/mol. The van der Waals surface area contributed by atoms with Crippen LogP contribution in [0.2, 0.25) is 0 Å². The van der Waals surface area contributed by atoms with Gasteiger partial charge in [0.25, 0.3) is 0 Å². The number of ether oxygens (including phenoxy) is 2. The Labute approximate surface area is 143 Å². The lowest BCUT2D eigenvalue weighted by molar-refractivity contribution is -0.148. The van der Waals surface area contributed by atoms with E-state index >= 15 is 0 Å². The molecule has 134 valence electrons. The first kappa shape index (κ1) is 18.6. The van der Waals surface area contributed by atoms with Crippen molar-refractivity contribution in [1.29, 1.82) is 0 Å². The fourth-order valence-corrected chi connectivity index (χ4v) is 3.53. The van der Waals surface area contributed by atoms with Crippen LogP contribution >= 0.6 is 0 Å². The lowest BCUT2D eigenvalue weighted by atomic mass is 9.82. The first-order valence-corrected chi connectivity index (χ1v) is 8.68. The van der Waals surface area contributed by atoms with Gasteiger partial charge in [0.05, 0.1) is 31.1 Å². The largest absolute Gasteiger partial charge is 0.512 e. The molecule has 1 N–H and O–H groups in total. The van der Waals surface area contributed by atoms with E-state index in [4.69, 9.17) is 9.47 Å². The van der Waals surface area contributed by atoms with Crippen molar-refractivity contribution in [2.45, 2.75) is 59.3 Å². The zero-order valence-electron chi connectivity index (χ0n) is 15.1. The van der Waals surface area contributed by atoms with Crippen molar-refractivity contribution >= 4 is 11.9 Å². The Balaban J connectivity index is 2.16. The van der Waals surface area contributed by atoms with Crippen LogP contribution in [0.25, 0.3) is 0 Å². The molecule has 24 heavy (non-hydrogen) atoms. The smallest absolute Gasteiger partial charge is 0.315 e. The summed E-state index contributed by atoms with van der Waals surface area (Å²) in [6.07, 6.45) is 6.35. The van der Waals surface area contributed by atoms with E-state index in [9.17, 15) is 14.7 Å². The van der Waals surface area contributed by atoms with E-state index in [1.54, 1.807) is 6.08 Å². The first-order chi connectivity index (χ1) is 11.3. The van der Waals surface area contributed by atoms with Gasteiger partial charge in [-0.2, -0.15) is 0 Å². The Morgan fingerprint density at radius 3 is 2.79 bits per heavy atom. The second kappa shape index (κ2) is 7.41. The molecule has 0 amide bonds. The van der Waals surface area contributed by atoms with Gasteiger partial charge in [-0.3, -0.25) is 9.59 Å². The van der Waals surface area contributed by atoms with Crippen molar-refractivity contribution in [3.05, 3.63) is 23.2 Å². The number of esters is 2. The molecular weight excluding hydrogens is 308 g/mol. The second-order valence-corrected chi connectivity index (χ2v) is 7.51.